The summed E-state index contributed by atoms with van der Waals surface area (Å²) in [4.78, 5) is 4.23. The summed E-state index contributed by atoms with van der Waals surface area (Å²) < 4.78 is 10.4. The van der Waals surface area contributed by atoms with Crippen LogP contribution in [-0.4, -0.2) is 20.3 Å². The number of rotatable bonds is 4. The third-order valence-electron chi connectivity index (χ3n) is 2.91. The Hall–Kier alpha value is -1.72. The van der Waals surface area contributed by atoms with E-state index in [4.69, 9.17) is 8.94 Å². The molecular weight excluding hydrogens is 304 g/mol. The highest BCUT2D eigenvalue weighted by Crippen LogP contribution is 2.17. The van der Waals surface area contributed by atoms with Crippen molar-refractivity contribution in [2.45, 2.75) is 93.9 Å². The number of nitrogens with zero attached hydrogens (tertiary/aromatic N) is 4. The monoisotopic (exact) mass is 340 g/mol. The van der Waals surface area contributed by atoms with Gasteiger partial charge < -0.3 is 8.94 Å². The maximum Gasteiger partial charge on any atom is 0.229 e. The molecular formula is C18H36N4O2. The van der Waals surface area contributed by atoms with Crippen molar-refractivity contribution in [3.63, 3.8) is 0 Å². The van der Waals surface area contributed by atoms with E-state index in [0.717, 1.165) is 23.5 Å². The molecule has 0 N–H and O–H groups in total. The van der Waals surface area contributed by atoms with Crippen molar-refractivity contribution in [1.82, 2.24) is 20.3 Å². The first-order chi connectivity index (χ1) is 10.2. The van der Waals surface area contributed by atoms with Gasteiger partial charge in [-0.3, -0.25) is 0 Å². The van der Waals surface area contributed by atoms with E-state index in [2.05, 4.69) is 34.2 Å². The predicted molar refractivity (Wildman–Crippen MR) is 98.4 cm³/mol. The molecule has 6 nitrogen and oxygen atoms in total. The molecule has 6 heteroatoms. The summed E-state index contributed by atoms with van der Waals surface area (Å²) >= 11 is 0. The summed E-state index contributed by atoms with van der Waals surface area (Å²) in [7, 11) is 0. The largest absolute Gasteiger partial charge is 0.425 e. The highest BCUT2D eigenvalue weighted by atomic mass is 16.5. The number of aromatic nitrogens is 4. The molecule has 0 aliphatic heterocycles. The Morgan fingerprint density at radius 3 is 1.25 bits per heavy atom. The minimum Gasteiger partial charge on any atom is -0.425 e. The molecule has 2 aromatic heterocycles. The molecule has 0 aromatic carbocycles. The number of hydrogen-bond donors (Lipinski definition) is 0. The van der Waals surface area contributed by atoms with Crippen LogP contribution in [-0.2, 0) is 0 Å². The van der Waals surface area contributed by atoms with E-state index in [1.165, 1.54) is 0 Å². The lowest BCUT2D eigenvalue weighted by molar-refractivity contribution is 0.359. The quantitative estimate of drug-likeness (QED) is 0.689. The Morgan fingerprint density at radius 1 is 0.625 bits per heavy atom. The van der Waals surface area contributed by atoms with Gasteiger partial charge in [0.05, 0.1) is 0 Å². The summed E-state index contributed by atoms with van der Waals surface area (Å²) in [5, 5.41) is 11.7. The van der Waals surface area contributed by atoms with Gasteiger partial charge in [-0.2, -0.15) is 4.98 Å². The molecule has 0 aliphatic carbocycles. The van der Waals surface area contributed by atoms with E-state index in [9.17, 15) is 0 Å². The zero-order valence-corrected chi connectivity index (χ0v) is 14.9. The van der Waals surface area contributed by atoms with Crippen molar-refractivity contribution < 1.29 is 8.94 Å². The van der Waals surface area contributed by atoms with E-state index in [0.29, 0.717) is 23.7 Å². The average molecular weight is 341 g/mol. The number of hydrogen-bond acceptors (Lipinski definition) is 6. The Kier molecular flexibility index (Phi) is 11.2. The van der Waals surface area contributed by atoms with E-state index >= 15 is 0 Å². The van der Waals surface area contributed by atoms with Gasteiger partial charge >= 0.3 is 0 Å². The Bertz CT molecular complexity index is 462. The molecule has 0 bridgehead atoms. The van der Waals surface area contributed by atoms with Crippen LogP contribution in [0, 0.1) is 0 Å². The van der Waals surface area contributed by atoms with E-state index < -0.39 is 0 Å². The van der Waals surface area contributed by atoms with Crippen LogP contribution < -0.4 is 0 Å². The van der Waals surface area contributed by atoms with Crippen molar-refractivity contribution in [2.75, 3.05) is 0 Å². The Labute approximate surface area is 147 Å². The molecule has 0 aliphatic rings. The van der Waals surface area contributed by atoms with Crippen molar-refractivity contribution in [1.29, 1.82) is 0 Å². The van der Waals surface area contributed by atoms with Crippen LogP contribution in [0.1, 0.15) is 117 Å². The fourth-order valence-electron chi connectivity index (χ4n) is 1.43. The van der Waals surface area contributed by atoms with E-state index in [1.54, 1.807) is 0 Å². The SMILES string of the molecule is C.C.CC(C)c1nnc(C(C)C)o1.CC(C)c1noc(C(C)C)n1. The van der Waals surface area contributed by atoms with Crippen LogP contribution in [0.2, 0.25) is 0 Å². The molecule has 0 amide bonds. The fourth-order valence-corrected chi connectivity index (χ4v) is 1.43. The predicted octanol–water partition coefficient (Wildman–Crippen LogP) is 5.91. The molecule has 0 radical (unpaired) electrons. The lowest BCUT2D eigenvalue weighted by Crippen LogP contribution is -1.91. The maximum atomic E-state index is 5.38. The van der Waals surface area contributed by atoms with Gasteiger partial charge in [0.15, 0.2) is 5.82 Å². The van der Waals surface area contributed by atoms with E-state index in [-0.39, 0.29) is 14.9 Å². The van der Waals surface area contributed by atoms with Gasteiger partial charge in [-0.15, -0.1) is 10.2 Å². The van der Waals surface area contributed by atoms with Gasteiger partial charge in [-0.05, 0) is 0 Å². The van der Waals surface area contributed by atoms with Crippen molar-refractivity contribution in [2.24, 2.45) is 0 Å². The zero-order chi connectivity index (χ0) is 16.9. The summed E-state index contributed by atoms with van der Waals surface area (Å²) in [6.45, 7) is 16.3. The highest BCUT2D eigenvalue weighted by molar-refractivity contribution is 4.94. The third kappa shape index (κ3) is 7.23. The average Bonchev–Trinajstić information content (AvgIpc) is 3.09. The van der Waals surface area contributed by atoms with Gasteiger partial charge in [-0.1, -0.05) is 75.4 Å². The molecule has 2 heterocycles. The van der Waals surface area contributed by atoms with Crippen molar-refractivity contribution in [3.05, 3.63) is 23.5 Å². The summed E-state index contributed by atoms with van der Waals surface area (Å²) in [6.07, 6.45) is 0. The molecule has 0 saturated heterocycles. The van der Waals surface area contributed by atoms with Crippen LogP contribution in [0.5, 0.6) is 0 Å². The standard InChI is InChI=1S/2C8H14N2O.2CH4/c1-5(2)7-9-10-8(11-7)6(3)4;1-5(2)7-9-8(6(3)4)11-10-7;;/h2*5-6H,1-4H3;2*1H4. The van der Waals surface area contributed by atoms with Gasteiger partial charge in [0, 0.05) is 23.7 Å². The van der Waals surface area contributed by atoms with Gasteiger partial charge in [0.1, 0.15) is 0 Å². The Balaban J connectivity index is 0. The van der Waals surface area contributed by atoms with Gasteiger partial charge in [0.25, 0.3) is 0 Å². The fraction of sp³-hybridized carbons (Fsp3) is 0.778. The third-order valence-corrected chi connectivity index (χ3v) is 2.91. The molecule has 0 fully saturated rings. The van der Waals surface area contributed by atoms with Crippen LogP contribution in [0.15, 0.2) is 8.94 Å². The Morgan fingerprint density at radius 2 is 1.04 bits per heavy atom. The van der Waals surface area contributed by atoms with Crippen LogP contribution in [0.25, 0.3) is 0 Å². The highest BCUT2D eigenvalue weighted by Gasteiger charge is 2.12. The topological polar surface area (TPSA) is 77.8 Å². The molecule has 2 aromatic rings. The second-order valence-electron chi connectivity index (χ2n) is 6.59. The summed E-state index contributed by atoms with van der Waals surface area (Å²) in [5.74, 6) is 4.33. The molecule has 0 unspecified atom stereocenters. The normalized spacial score (nSPS) is 10.5. The smallest absolute Gasteiger partial charge is 0.229 e. The molecule has 2 rings (SSSR count). The molecule has 0 atom stereocenters. The van der Waals surface area contributed by atoms with Gasteiger partial charge in [-0.25, -0.2) is 0 Å². The lowest BCUT2D eigenvalue weighted by Gasteiger charge is -1.96. The zero-order valence-electron chi connectivity index (χ0n) is 14.9. The molecule has 0 saturated carbocycles. The van der Waals surface area contributed by atoms with Gasteiger partial charge in [0.2, 0.25) is 17.7 Å². The van der Waals surface area contributed by atoms with Crippen molar-refractivity contribution in [3.8, 4) is 0 Å². The maximum absolute atomic E-state index is 5.38. The van der Waals surface area contributed by atoms with Crippen LogP contribution >= 0.6 is 0 Å². The first kappa shape index (κ1) is 24.5. The van der Waals surface area contributed by atoms with E-state index in [1.807, 2.05) is 41.5 Å². The molecule has 140 valence electrons. The first-order valence-electron chi connectivity index (χ1n) is 7.89. The molecule has 0 spiro atoms. The van der Waals surface area contributed by atoms with Crippen LogP contribution in [0.3, 0.4) is 0 Å². The summed E-state index contributed by atoms with van der Waals surface area (Å²) in [5.41, 5.74) is 0. The van der Waals surface area contributed by atoms with Crippen molar-refractivity contribution >= 4 is 0 Å². The molecule has 24 heavy (non-hydrogen) atoms. The second kappa shape index (κ2) is 10.9. The lowest BCUT2D eigenvalue weighted by atomic mass is 10.2. The second-order valence-corrected chi connectivity index (χ2v) is 6.59. The first-order valence-corrected chi connectivity index (χ1v) is 7.89. The minimum atomic E-state index is 0. The minimum absolute atomic E-state index is 0. The van der Waals surface area contributed by atoms with Crippen LogP contribution in [0.4, 0.5) is 0 Å². The summed E-state index contributed by atoms with van der Waals surface area (Å²) in [6, 6.07) is 0.